The minimum Gasteiger partial charge on any atom is -0.377 e. The second-order valence-corrected chi connectivity index (χ2v) is 6.01. The van der Waals surface area contributed by atoms with Gasteiger partial charge in [0.05, 0.1) is 6.10 Å². The number of piperidine rings is 1. The first-order valence-corrected chi connectivity index (χ1v) is 7.87. The Morgan fingerprint density at radius 1 is 1.28 bits per heavy atom. The highest BCUT2D eigenvalue weighted by atomic mass is 16.5. The SMILES string of the molecule is CCCN1CCC(C(C)NCC2CCCO2)CC1. The van der Waals surface area contributed by atoms with Crippen molar-refractivity contribution in [1.82, 2.24) is 10.2 Å². The van der Waals surface area contributed by atoms with Crippen LogP contribution >= 0.6 is 0 Å². The summed E-state index contributed by atoms with van der Waals surface area (Å²) in [6.45, 7) is 10.5. The molecule has 3 nitrogen and oxygen atoms in total. The Morgan fingerprint density at radius 3 is 2.67 bits per heavy atom. The molecule has 0 radical (unpaired) electrons. The number of ether oxygens (including phenoxy) is 1. The summed E-state index contributed by atoms with van der Waals surface area (Å²) in [6, 6.07) is 0.651. The standard InChI is InChI=1S/C15H30N2O/c1-3-8-17-9-6-14(7-10-17)13(2)16-12-15-5-4-11-18-15/h13-16H,3-12H2,1-2H3. The molecule has 2 aliphatic heterocycles. The van der Waals surface area contributed by atoms with Crippen LogP contribution in [0.25, 0.3) is 0 Å². The van der Waals surface area contributed by atoms with Crippen molar-refractivity contribution >= 4 is 0 Å². The molecule has 106 valence electrons. The van der Waals surface area contributed by atoms with Crippen LogP contribution in [0.1, 0.15) is 46.0 Å². The molecule has 0 aromatic carbocycles. The van der Waals surface area contributed by atoms with Crippen molar-refractivity contribution < 1.29 is 4.74 Å². The molecule has 0 bridgehead atoms. The third-order valence-electron chi connectivity index (χ3n) is 4.57. The third kappa shape index (κ3) is 4.22. The van der Waals surface area contributed by atoms with Crippen molar-refractivity contribution in [2.45, 2.75) is 58.1 Å². The molecule has 2 heterocycles. The highest BCUT2D eigenvalue weighted by Crippen LogP contribution is 2.21. The Hall–Kier alpha value is -0.120. The van der Waals surface area contributed by atoms with Gasteiger partial charge in [-0.25, -0.2) is 0 Å². The molecule has 2 rings (SSSR count). The first-order chi connectivity index (χ1) is 8.79. The largest absolute Gasteiger partial charge is 0.377 e. The van der Waals surface area contributed by atoms with Crippen molar-refractivity contribution in [3.8, 4) is 0 Å². The Labute approximate surface area is 112 Å². The van der Waals surface area contributed by atoms with Crippen LogP contribution in [0.4, 0.5) is 0 Å². The van der Waals surface area contributed by atoms with Gasteiger partial charge in [0.2, 0.25) is 0 Å². The number of nitrogens with one attached hydrogen (secondary N) is 1. The molecule has 0 saturated carbocycles. The van der Waals surface area contributed by atoms with Crippen LogP contribution in [0.2, 0.25) is 0 Å². The van der Waals surface area contributed by atoms with E-state index < -0.39 is 0 Å². The third-order valence-corrected chi connectivity index (χ3v) is 4.57. The zero-order valence-corrected chi connectivity index (χ0v) is 12.2. The Balaban J connectivity index is 1.62. The van der Waals surface area contributed by atoms with E-state index in [4.69, 9.17) is 4.74 Å². The maximum absolute atomic E-state index is 5.67. The molecule has 2 atom stereocenters. The zero-order valence-electron chi connectivity index (χ0n) is 12.2. The lowest BCUT2D eigenvalue weighted by Crippen LogP contribution is -2.44. The second-order valence-electron chi connectivity index (χ2n) is 6.01. The van der Waals surface area contributed by atoms with Gasteiger partial charge in [0.15, 0.2) is 0 Å². The predicted octanol–water partition coefficient (Wildman–Crippen LogP) is 2.27. The molecule has 2 fully saturated rings. The van der Waals surface area contributed by atoms with E-state index >= 15 is 0 Å². The van der Waals surface area contributed by atoms with E-state index in [0.717, 1.165) is 19.1 Å². The van der Waals surface area contributed by atoms with Gasteiger partial charge in [-0.3, -0.25) is 0 Å². The number of nitrogens with zero attached hydrogens (tertiary/aromatic N) is 1. The quantitative estimate of drug-likeness (QED) is 0.787. The summed E-state index contributed by atoms with van der Waals surface area (Å²) in [5, 5.41) is 3.70. The lowest BCUT2D eigenvalue weighted by Gasteiger charge is -2.35. The van der Waals surface area contributed by atoms with Crippen LogP contribution in [0.5, 0.6) is 0 Å². The summed E-state index contributed by atoms with van der Waals surface area (Å²) in [7, 11) is 0. The summed E-state index contributed by atoms with van der Waals surface area (Å²) >= 11 is 0. The molecule has 0 spiro atoms. The molecule has 2 aliphatic rings. The minimum atomic E-state index is 0.479. The van der Waals surface area contributed by atoms with Crippen LogP contribution in [-0.4, -0.2) is 49.8 Å². The van der Waals surface area contributed by atoms with Crippen LogP contribution < -0.4 is 5.32 Å². The van der Waals surface area contributed by atoms with Crippen molar-refractivity contribution in [1.29, 1.82) is 0 Å². The monoisotopic (exact) mass is 254 g/mol. The maximum Gasteiger partial charge on any atom is 0.0700 e. The van der Waals surface area contributed by atoms with E-state index in [0.29, 0.717) is 12.1 Å². The van der Waals surface area contributed by atoms with Crippen molar-refractivity contribution in [2.24, 2.45) is 5.92 Å². The summed E-state index contributed by atoms with van der Waals surface area (Å²) in [5.74, 6) is 0.861. The molecule has 0 aliphatic carbocycles. The van der Waals surface area contributed by atoms with Crippen LogP contribution in [0, 0.1) is 5.92 Å². The molecule has 2 unspecified atom stereocenters. The van der Waals surface area contributed by atoms with Gasteiger partial charge in [-0.05, 0) is 64.6 Å². The number of likely N-dealkylation sites (tertiary alicyclic amines) is 1. The minimum absolute atomic E-state index is 0.479. The fourth-order valence-electron chi connectivity index (χ4n) is 3.28. The Morgan fingerprint density at radius 2 is 2.06 bits per heavy atom. The highest BCUT2D eigenvalue weighted by Gasteiger charge is 2.24. The van der Waals surface area contributed by atoms with E-state index in [1.165, 1.54) is 51.7 Å². The topological polar surface area (TPSA) is 24.5 Å². The molecule has 2 saturated heterocycles. The van der Waals surface area contributed by atoms with Gasteiger partial charge in [0.25, 0.3) is 0 Å². The van der Waals surface area contributed by atoms with Crippen LogP contribution in [-0.2, 0) is 4.74 Å². The maximum atomic E-state index is 5.67. The summed E-state index contributed by atoms with van der Waals surface area (Å²) < 4.78 is 5.67. The average molecular weight is 254 g/mol. The fraction of sp³-hybridized carbons (Fsp3) is 1.00. The molecule has 0 aromatic heterocycles. The molecule has 0 amide bonds. The predicted molar refractivity (Wildman–Crippen MR) is 75.9 cm³/mol. The van der Waals surface area contributed by atoms with Crippen LogP contribution in [0.3, 0.4) is 0 Å². The van der Waals surface area contributed by atoms with Crippen molar-refractivity contribution in [3.05, 3.63) is 0 Å². The van der Waals surface area contributed by atoms with Crippen molar-refractivity contribution in [3.63, 3.8) is 0 Å². The van der Waals surface area contributed by atoms with E-state index in [-0.39, 0.29) is 0 Å². The van der Waals surface area contributed by atoms with Gasteiger partial charge < -0.3 is 15.0 Å². The van der Waals surface area contributed by atoms with Gasteiger partial charge in [-0.2, -0.15) is 0 Å². The molecule has 18 heavy (non-hydrogen) atoms. The first-order valence-electron chi connectivity index (χ1n) is 7.87. The Kier molecular flexibility index (Phi) is 5.93. The van der Waals surface area contributed by atoms with Crippen LogP contribution in [0.15, 0.2) is 0 Å². The molecular weight excluding hydrogens is 224 g/mol. The summed E-state index contributed by atoms with van der Waals surface area (Å²) in [4.78, 5) is 2.61. The summed E-state index contributed by atoms with van der Waals surface area (Å²) in [5.41, 5.74) is 0. The average Bonchev–Trinajstić information content (AvgIpc) is 2.90. The lowest BCUT2D eigenvalue weighted by atomic mass is 9.90. The fourth-order valence-corrected chi connectivity index (χ4v) is 3.28. The zero-order chi connectivity index (χ0) is 12.8. The normalized spacial score (nSPS) is 28.7. The Bertz CT molecular complexity index is 221. The summed E-state index contributed by atoms with van der Waals surface area (Å²) in [6.07, 6.45) is 6.98. The van der Waals surface area contributed by atoms with E-state index in [1.54, 1.807) is 0 Å². The van der Waals surface area contributed by atoms with Gasteiger partial charge >= 0.3 is 0 Å². The first kappa shape index (κ1) is 14.3. The van der Waals surface area contributed by atoms with Gasteiger partial charge in [-0.15, -0.1) is 0 Å². The molecule has 1 N–H and O–H groups in total. The molecule has 0 aromatic rings. The van der Waals surface area contributed by atoms with E-state index in [9.17, 15) is 0 Å². The van der Waals surface area contributed by atoms with Gasteiger partial charge in [0.1, 0.15) is 0 Å². The van der Waals surface area contributed by atoms with E-state index in [2.05, 4.69) is 24.1 Å². The number of hydrogen-bond acceptors (Lipinski definition) is 3. The lowest BCUT2D eigenvalue weighted by molar-refractivity contribution is 0.100. The number of hydrogen-bond donors (Lipinski definition) is 1. The van der Waals surface area contributed by atoms with E-state index in [1.807, 2.05) is 0 Å². The smallest absolute Gasteiger partial charge is 0.0700 e. The van der Waals surface area contributed by atoms with Crippen molar-refractivity contribution in [2.75, 3.05) is 32.8 Å². The van der Waals surface area contributed by atoms with Gasteiger partial charge in [-0.1, -0.05) is 6.92 Å². The van der Waals surface area contributed by atoms with Gasteiger partial charge in [0, 0.05) is 19.2 Å². The molecular formula is C15H30N2O. The highest BCUT2D eigenvalue weighted by molar-refractivity contribution is 4.80. The second kappa shape index (κ2) is 7.46. The number of rotatable bonds is 6. The molecule has 3 heteroatoms.